The van der Waals surface area contributed by atoms with Crippen LogP contribution in [0.25, 0.3) is 16.7 Å². The Morgan fingerprint density at radius 3 is 2.92 bits per heavy atom. The highest BCUT2D eigenvalue weighted by Crippen LogP contribution is 2.27. The zero-order chi connectivity index (χ0) is 16.4. The third kappa shape index (κ3) is 2.73. The van der Waals surface area contributed by atoms with Gasteiger partial charge in [0.15, 0.2) is 5.65 Å². The molecule has 124 valence electrons. The molecule has 6 heteroatoms. The standard InChI is InChI=1S/C18H21N5O/c1-2-24-15-9-6-10-22(12-15)17-16-11-21-23(18(16)20-13-19-17)14-7-4-3-5-8-14/h3-5,7-8,11,13,15H,2,6,9-10,12H2,1H3/t15-/m0/s1. The van der Waals surface area contributed by atoms with E-state index in [4.69, 9.17) is 4.74 Å². The Kier molecular flexibility index (Phi) is 4.13. The van der Waals surface area contributed by atoms with Gasteiger partial charge in [-0.1, -0.05) is 18.2 Å². The molecule has 1 fully saturated rings. The minimum absolute atomic E-state index is 0.276. The Morgan fingerprint density at radius 2 is 2.08 bits per heavy atom. The first-order valence-corrected chi connectivity index (χ1v) is 8.47. The molecule has 0 aliphatic carbocycles. The molecule has 6 nitrogen and oxygen atoms in total. The summed E-state index contributed by atoms with van der Waals surface area (Å²) in [5, 5.41) is 5.52. The normalized spacial score (nSPS) is 18.2. The lowest BCUT2D eigenvalue weighted by Crippen LogP contribution is -2.40. The van der Waals surface area contributed by atoms with Gasteiger partial charge in [0, 0.05) is 19.7 Å². The van der Waals surface area contributed by atoms with Crippen molar-refractivity contribution >= 4 is 16.9 Å². The van der Waals surface area contributed by atoms with Crippen molar-refractivity contribution in [2.45, 2.75) is 25.9 Å². The maximum atomic E-state index is 5.82. The molecular formula is C18H21N5O. The Bertz CT molecular complexity index is 815. The van der Waals surface area contributed by atoms with Crippen LogP contribution in [0, 0.1) is 0 Å². The highest BCUT2D eigenvalue weighted by Gasteiger charge is 2.23. The molecule has 1 aromatic carbocycles. The second kappa shape index (κ2) is 6.57. The van der Waals surface area contributed by atoms with E-state index in [9.17, 15) is 0 Å². The van der Waals surface area contributed by atoms with Crippen LogP contribution in [0.5, 0.6) is 0 Å². The number of hydrogen-bond acceptors (Lipinski definition) is 5. The minimum atomic E-state index is 0.276. The molecule has 0 unspecified atom stereocenters. The van der Waals surface area contributed by atoms with E-state index in [1.54, 1.807) is 6.33 Å². The van der Waals surface area contributed by atoms with Crippen LogP contribution in [0.1, 0.15) is 19.8 Å². The van der Waals surface area contributed by atoms with E-state index in [-0.39, 0.29) is 6.10 Å². The number of rotatable bonds is 4. The zero-order valence-electron chi connectivity index (χ0n) is 13.8. The van der Waals surface area contributed by atoms with E-state index in [1.165, 1.54) is 0 Å². The average molecular weight is 323 g/mol. The summed E-state index contributed by atoms with van der Waals surface area (Å²) in [6, 6.07) is 10.1. The molecule has 1 atom stereocenters. The van der Waals surface area contributed by atoms with Gasteiger partial charge in [-0.25, -0.2) is 14.6 Å². The molecule has 0 radical (unpaired) electrons. The van der Waals surface area contributed by atoms with E-state index in [0.717, 1.165) is 55.1 Å². The molecule has 0 amide bonds. The summed E-state index contributed by atoms with van der Waals surface area (Å²) < 4.78 is 7.68. The number of aromatic nitrogens is 4. The summed E-state index contributed by atoms with van der Waals surface area (Å²) in [6.45, 7) is 4.66. The summed E-state index contributed by atoms with van der Waals surface area (Å²) in [4.78, 5) is 11.3. The van der Waals surface area contributed by atoms with Crippen molar-refractivity contribution in [3.8, 4) is 5.69 Å². The zero-order valence-corrected chi connectivity index (χ0v) is 13.8. The first kappa shape index (κ1) is 15.1. The average Bonchev–Trinajstić information content (AvgIpc) is 3.07. The smallest absolute Gasteiger partial charge is 0.168 e. The SMILES string of the molecule is CCO[C@H]1CCCN(c2ncnc3c2cnn3-c2ccccc2)C1. The van der Waals surface area contributed by atoms with Crippen molar-refractivity contribution in [1.82, 2.24) is 19.7 Å². The molecule has 2 aromatic heterocycles. The van der Waals surface area contributed by atoms with Crippen molar-refractivity contribution in [3.63, 3.8) is 0 Å². The summed E-state index contributed by atoms with van der Waals surface area (Å²) in [5.41, 5.74) is 1.84. The molecule has 1 aliphatic rings. The topological polar surface area (TPSA) is 56.1 Å². The number of fused-ring (bicyclic) bond motifs is 1. The molecule has 3 heterocycles. The van der Waals surface area contributed by atoms with Gasteiger partial charge in [-0.15, -0.1) is 0 Å². The predicted octanol–water partition coefficient (Wildman–Crippen LogP) is 2.82. The third-order valence-corrected chi connectivity index (χ3v) is 4.43. The lowest BCUT2D eigenvalue weighted by Gasteiger charge is -2.33. The van der Waals surface area contributed by atoms with Crippen molar-refractivity contribution in [2.75, 3.05) is 24.6 Å². The Hall–Kier alpha value is -2.47. The molecule has 0 spiro atoms. The van der Waals surface area contributed by atoms with E-state index in [2.05, 4.69) is 20.0 Å². The quantitative estimate of drug-likeness (QED) is 0.739. The summed E-state index contributed by atoms with van der Waals surface area (Å²) in [7, 11) is 0. The van der Waals surface area contributed by atoms with E-state index in [0.29, 0.717) is 0 Å². The maximum absolute atomic E-state index is 5.82. The van der Waals surface area contributed by atoms with Gasteiger partial charge >= 0.3 is 0 Å². The number of anilines is 1. The largest absolute Gasteiger partial charge is 0.377 e. The third-order valence-electron chi connectivity index (χ3n) is 4.43. The van der Waals surface area contributed by atoms with Crippen molar-refractivity contribution < 1.29 is 4.74 Å². The number of benzene rings is 1. The first-order chi connectivity index (χ1) is 11.9. The van der Waals surface area contributed by atoms with Crippen LogP contribution in [0.15, 0.2) is 42.9 Å². The molecular weight excluding hydrogens is 302 g/mol. The fraction of sp³-hybridized carbons (Fsp3) is 0.389. The second-order valence-corrected chi connectivity index (χ2v) is 5.99. The summed E-state index contributed by atoms with van der Waals surface area (Å²) in [6.07, 6.45) is 5.99. The van der Waals surface area contributed by atoms with E-state index >= 15 is 0 Å². The van der Waals surface area contributed by atoms with Crippen LogP contribution in [0.2, 0.25) is 0 Å². The fourth-order valence-electron chi connectivity index (χ4n) is 3.34. The fourth-order valence-corrected chi connectivity index (χ4v) is 3.34. The van der Waals surface area contributed by atoms with Crippen LogP contribution in [0.4, 0.5) is 5.82 Å². The van der Waals surface area contributed by atoms with Gasteiger partial charge in [0.25, 0.3) is 0 Å². The summed E-state index contributed by atoms with van der Waals surface area (Å²) in [5.74, 6) is 0.951. The van der Waals surface area contributed by atoms with Gasteiger partial charge in [0.2, 0.25) is 0 Å². The number of piperidine rings is 1. The number of nitrogens with zero attached hydrogens (tertiary/aromatic N) is 5. The van der Waals surface area contributed by atoms with Gasteiger partial charge in [-0.2, -0.15) is 5.10 Å². The monoisotopic (exact) mass is 323 g/mol. The molecule has 3 aromatic rings. The summed E-state index contributed by atoms with van der Waals surface area (Å²) >= 11 is 0. The molecule has 0 N–H and O–H groups in total. The molecule has 0 bridgehead atoms. The first-order valence-electron chi connectivity index (χ1n) is 8.47. The van der Waals surface area contributed by atoms with Crippen LogP contribution in [-0.2, 0) is 4.74 Å². The molecule has 1 saturated heterocycles. The Balaban J connectivity index is 1.71. The van der Waals surface area contributed by atoms with Gasteiger partial charge < -0.3 is 9.64 Å². The van der Waals surface area contributed by atoms with Crippen LogP contribution in [-0.4, -0.2) is 45.5 Å². The van der Waals surface area contributed by atoms with Gasteiger partial charge in [0.05, 0.1) is 23.4 Å². The van der Waals surface area contributed by atoms with Gasteiger partial charge in [-0.3, -0.25) is 0 Å². The van der Waals surface area contributed by atoms with Crippen LogP contribution < -0.4 is 4.90 Å². The minimum Gasteiger partial charge on any atom is -0.377 e. The van der Waals surface area contributed by atoms with Crippen LogP contribution >= 0.6 is 0 Å². The Labute approximate surface area is 141 Å². The van der Waals surface area contributed by atoms with Crippen molar-refractivity contribution in [2.24, 2.45) is 0 Å². The highest BCUT2D eigenvalue weighted by molar-refractivity contribution is 5.87. The van der Waals surface area contributed by atoms with Gasteiger partial charge in [-0.05, 0) is 31.9 Å². The predicted molar refractivity (Wildman–Crippen MR) is 93.5 cm³/mol. The highest BCUT2D eigenvalue weighted by atomic mass is 16.5. The van der Waals surface area contributed by atoms with E-state index < -0.39 is 0 Å². The Morgan fingerprint density at radius 1 is 1.21 bits per heavy atom. The lowest BCUT2D eigenvalue weighted by molar-refractivity contribution is 0.0525. The molecule has 24 heavy (non-hydrogen) atoms. The maximum Gasteiger partial charge on any atom is 0.168 e. The lowest BCUT2D eigenvalue weighted by atomic mass is 10.1. The van der Waals surface area contributed by atoms with Crippen molar-refractivity contribution in [1.29, 1.82) is 0 Å². The number of ether oxygens (including phenoxy) is 1. The molecule has 4 rings (SSSR count). The second-order valence-electron chi connectivity index (χ2n) is 5.99. The van der Waals surface area contributed by atoms with E-state index in [1.807, 2.05) is 48.1 Å². The number of hydrogen-bond donors (Lipinski definition) is 0. The van der Waals surface area contributed by atoms with Crippen LogP contribution in [0.3, 0.4) is 0 Å². The van der Waals surface area contributed by atoms with Crippen molar-refractivity contribution in [3.05, 3.63) is 42.9 Å². The molecule has 0 saturated carbocycles. The number of para-hydroxylation sites is 1. The molecule has 1 aliphatic heterocycles. The van der Waals surface area contributed by atoms with Gasteiger partial charge in [0.1, 0.15) is 12.1 Å².